The van der Waals surface area contributed by atoms with Crippen LogP contribution in [0.25, 0.3) is 10.9 Å². The standard InChI is InChI=1S/C24H30FN5O.HI/c1-4-26-24(27-12-10-17-6-5-7-18(14-17)23(31)30(2)3)28-13-11-19-16-29-22-9-8-20(25)15-21(19)22;/h5-9,14-16,29H,4,10-13H2,1-3H3,(H2,26,27,28);1H. The van der Waals surface area contributed by atoms with Crippen LogP contribution in [-0.2, 0) is 12.8 Å². The highest BCUT2D eigenvalue weighted by Crippen LogP contribution is 2.19. The minimum atomic E-state index is -0.233. The summed E-state index contributed by atoms with van der Waals surface area (Å²) in [5.74, 6) is 0.513. The van der Waals surface area contributed by atoms with Gasteiger partial charge in [-0.15, -0.1) is 24.0 Å². The molecule has 0 fully saturated rings. The van der Waals surface area contributed by atoms with E-state index in [0.29, 0.717) is 25.1 Å². The summed E-state index contributed by atoms with van der Waals surface area (Å²) in [6.45, 7) is 4.07. The minimum Gasteiger partial charge on any atom is -0.361 e. The maximum atomic E-state index is 13.6. The number of H-pyrrole nitrogens is 1. The Morgan fingerprint density at radius 1 is 1.12 bits per heavy atom. The van der Waals surface area contributed by atoms with Crippen molar-refractivity contribution < 1.29 is 9.18 Å². The monoisotopic (exact) mass is 551 g/mol. The van der Waals surface area contributed by atoms with Crippen LogP contribution in [0.15, 0.2) is 53.7 Å². The Morgan fingerprint density at radius 3 is 2.69 bits per heavy atom. The fraction of sp³-hybridized carbons (Fsp3) is 0.333. The molecule has 1 amide bonds. The van der Waals surface area contributed by atoms with Crippen LogP contribution in [0.1, 0.15) is 28.4 Å². The minimum absolute atomic E-state index is 0. The van der Waals surface area contributed by atoms with Gasteiger partial charge in [0.15, 0.2) is 5.96 Å². The van der Waals surface area contributed by atoms with Gasteiger partial charge in [-0.3, -0.25) is 9.79 Å². The van der Waals surface area contributed by atoms with Crippen LogP contribution in [-0.4, -0.2) is 55.5 Å². The summed E-state index contributed by atoms with van der Waals surface area (Å²) in [6.07, 6.45) is 3.41. The molecule has 0 saturated carbocycles. The second-order valence-corrected chi connectivity index (χ2v) is 7.59. The van der Waals surface area contributed by atoms with E-state index in [1.54, 1.807) is 31.1 Å². The molecule has 0 atom stereocenters. The van der Waals surface area contributed by atoms with Crippen molar-refractivity contribution in [1.82, 2.24) is 20.5 Å². The summed E-state index contributed by atoms with van der Waals surface area (Å²) in [7, 11) is 3.50. The maximum Gasteiger partial charge on any atom is 0.253 e. The second-order valence-electron chi connectivity index (χ2n) is 7.59. The van der Waals surface area contributed by atoms with Gasteiger partial charge in [-0.1, -0.05) is 12.1 Å². The number of benzene rings is 2. The number of aliphatic imine (C=N–C) groups is 1. The van der Waals surface area contributed by atoms with Crippen molar-refractivity contribution in [3.8, 4) is 0 Å². The Bertz CT molecular complexity index is 1060. The highest BCUT2D eigenvalue weighted by atomic mass is 127. The average Bonchev–Trinajstić information content (AvgIpc) is 3.15. The summed E-state index contributed by atoms with van der Waals surface area (Å²) in [4.78, 5) is 21.5. The number of carbonyl (C=O) groups excluding carboxylic acids is 1. The van der Waals surface area contributed by atoms with Crippen molar-refractivity contribution in [3.63, 3.8) is 0 Å². The molecule has 6 nitrogen and oxygen atoms in total. The highest BCUT2D eigenvalue weighted by molar-refractivity contribution is 14.0. The average molecular weight is 551 g/mol. The molecular weight excluding hydrogens is 520 g/mol. The van der Waals surface area contributed by atoms with E-state index in [4.69, 9.17) is 0 Å². The first-order valence-corrected chi connectivity index (χ1v) is 10.6. The molecular formula is C24H31FIN5O. The van der Waals surface area contributed by atoms with Crippen molar-refractivity contribution in [2.75, 3.05) is 33.7 Å². The van der Waals surface area contributed by atoms with E-state index in [-0.39, 0.29) is 35.7 Å². The lowest BCUT2D eigenvalue weighted by Gasteiger charge is -2.13. The quantitative estimate of drug-likeness (QED) is 0.226. The van der Waals surface area contributed by atoms with Crippen LogP contribution in [0, 0.1) is 5.82 Å². The van der Waals surface area contributed by atoms with Gasteiger partial charge < -0.3 is 20.5 Å². The lowest BCUT2D eigenvalue weighted by molar-refractivity contribution is 0.0827. The third-order valence-electron chi connectivity index (χ3n) is 5.01. The Balaban J connectivity index is 0.00000363. The van der Waals surface area contributed by atoms with Crippen LogP contribution in [0.4, 0.5) is 4.39 Å². The molecule has 8 heteroatoms. The van der Waals surface area contributed by atoms with Crippen molar-refractivity contribution >= 4 is 46.7 Å². The first-order valence-electron chi connectivity index (χ1n) is 10.6. The number of aromatic amines is 1. The third kappa shape index (κ3) is 6.94. The molecule has 0 saturated heterocycles. The highest BCUT2D eigenvalue weighted by Gasteiger charge is 2.08. The van der Waals surface area contributed by atoms with Crippen LogP contribution >= 0.6 is 24.0 Å². The van der Waals surface area contributed by atoms with Crippen LogP contribution in [0.3, 0.4) is 0 Å². The van der Waals surface area contributed by atoms with Gasteiger partial charge in [0, 0.05) is 56.4 Å². The number of carbonyl (C=O) groups is 1. The summed E-state index contributed by atoms with van der Waals surface area (Å²) < 4.78 is 13.6. The zero-order valence-corrected chi connectivity index (χ0v) is 21.1. The molecule has 172 valence electrons. The molecule has 2 aromatic carbocycles. The number of amides is 1. The fourth-order valence-electron chi connectivity index (χ4n) is 3.43. The van der Waals surface area contributed by atoms with Crippen LogP contribution < -0.4 is 10.6 Å². The Hall–Kier alpha value is -2.62. The van der Waals surface area contributed by atoms with Crippen molar-refractivity contribution in [2.24, 2.45) is 4.99 Å². The predicted molar refractivity (Wildman–Crippen MR) is 140 cm³/mol. The molecule has 32 heavy (non-hydrogen) atoms. The molecule has 0 spiro atoms. The smallest absolute Gasteiger partial charge is 0.253 e. The Morgan fingerprint density at radius 2 is 1.94 bits per heavy atom. The summed E-state index contributed by atoms with van der Waals surface area (Å²) in [5, 5.41) is 7.50. The SMILES string of the molecule is CCNC(=NCCc1c[nH]c2ccc(F)cc12)NCCc1cccc(C(=O)N(C)C)c1.I. The van der Waals surface area contributed by atoms with Gasteiger partial charge in [-0.25, -0.2) is 4.39 Å². The molecule has 3 rings (SSSR count). The second kappa shape index (κ2) is 12.4. The Kier molecular flexibility index (Phi) is 9.96. The van der Waals surface area contributed by atoms with Gasteiger partial charge in [0.25, 0.3) is 5.91 Å². The number of hydrogen-bond acceptors (Lipinski definition) is 2. The molecule has 0 bridgehead atoms. The van der Waals surface area contributed by atoms with E-state index < -0.39 is 0 Å². The van der Waals surface area contributed by atoms with Crippen molar-refractivity contribution in [3.05, 3.63) is 71.2 Å². The zero-order chi connectivity index (χ0) is 22.2. The molecule has 3 N–H and O–H groups in total. The maximum absolute atomic E-state index is 13.6. The van der Waals surface area contributed by atoms with Gasteiger partial charge >= 0.3 is 0 Å². The van der Waals surface area contributed by atoms with Gasteiger partial charge in [0.05, 0.1) is 0 Å². The number of nitrogens with zero attached hydrogens (tertiary/aromatic N) is 2. The van der Waals surface area contributed by atoms with Gasteiger partial charge in [-0.2, -0.15) is 0 Å². The Labute approximate surface area is 205 Å². The van der Waals surface area contributed by atoms with E-state index in [0.717, 1.165) is 41.0 Å². The topological polar surface area (TPSA) is 72.5 Å². The molecule has 1 heterocycles. The van der Waals surface area contributed by atoms with E-state index in [1.165, 1.54) is 6.07 Å². The predicted octanol–water partition coefficient (Wildman–Crippen LogP) is 3.97. The van der Waals surface area contributed by atoms with E-state index in [1.807, 2.05) is 37.4 Å². The number of halogens is 2. The number of rotatable bonds is 8. The number of nitrogens with one attached hydrogen (secondary N) is 3. The third-order valence-corrected chi connectivity index (χ3v) is 5.01. The fourth-order valence-corrected chi connectivity index (χ4v) is 3.43. The lowest BCUT2D eigenvalue weighted by Crippen LogP contribution is -2.38. The molecule has 0 aliphatic heterocycles. The number of guanidine groups is 1. The van der Waals surface area contributed by atoms with Gasteiger partial charge in [-0.05, 0) is 61.2 Å². The number of hydrogen-bond donors (Lipinski definition) is 3. The molecule has 0 aliphatic rings. The number of fused-ring (bicyclic) bond motifs is 1. The molecule has 1 aromatic heterocycles. The lowest BCUT2D eigenvalue weighted by atomic mass is 10.1. The summed E-state index contributed by atoms with van der Waals surface area (Å²) >= 11 is 0. The first kappa shape index (κ1) is 25.6. The molecule has 0 radical (unpaired) electrons. The van der Waals surface area contributed by atoms with E-state index in [9.17, 15) is 9.18 Å². The number of aromatic nitrogens is 1. The van der Waals surface area contributed by atoms with E-state index >= 15 is 0 Å². The molecule has 0 unspecified atom stereocenters. The van der Waals surface area contributed by atoms with E-state index in [2.05, 4.69) is 20.6 Å². The van der Waals surface area contributed by atoms with Crippen LogP contribution in [0.5, 0.6) is 0 Å². The normalized spacial score (nSPS) is 11.2. The van der Waals surface area contributed by atoms with Crippen molar-refractivity contribution in [1.29, 1.82) is 0 Å². The zero-order valence-electron chi connectivity index (χ0n) is 18.7. The molecule has 3 aromatic rings. The van der Waals surface area contributed by atoms with Gasteiger partial charge in [0.2, 0.25) is 0 Å². The van der Waals surface area contributed by atoms with Crippen molar-refractivity contribution in [2.45, 2.75) is 19.8 Å². The molecule has 0 aliphatic carbocycles. The van der Waals surface area contributed by atoms with Crippen LogP contribution in [0.2, 0.25) is 0 Å². The summed E-state index contributed by atoms with van der Waals surface area (Å²) in [6, 6.07) is 12.5. The largest absolute Gasteiger partial charge is 0.361 e. The first-order chi connectivity index (χ1) is 15.0. The van der Waals surface area contributed by atoms with Gasteiger partial charge in [0.1, 0.15) is 5.82 Å². The summed E-state index contributed by atoms with van der Waals surface area (Å²) in [5.41, 5.74) is 3.77.